The number of nitrogen functional groups attached to an aromatic ring is 1. The molecule has 0 spiro atoms. The van der Waals surface area contributed by atoms with Crippen molar-refractivity contribution in [3.05, 3.63) is 47.4 Å². The van der Waals surface area contributed by atoms with E-state index in [0.29, 0.717) is 11.4 Å². The monoisotopic (exact) mass is 277 g/mol. The Balaban J connectivity index is 2.27. The molecule has 0 unspecified atom stereocenters. The summed E-state index contributed by atoms with van der Waals surface area (Å²) in [7, 11) is 1.67. The lowest BCUT2D eigenvalue weighted by Gasteiger charge is -2.17. The van der Waals surface area contributed by atoms with Gasteiger partial charge in [0.15, 0.2) is 5.82 Å². The molecule has 2 rings (SSSR count). The number of aromatic nitrogens is 2. The number of pyridine rings is 2. The SMILES string of the molecule is CN(C(=O)c1cnc(NN)c(Cl)c1)c1ccncc1. The molecule has 0 aliphatic rings. The van der Waals surface area contributed by atoms with Crippen molar-refractivity contribution in [3.63, 3.8) is 0 Å². The van der Waals surface area contributed by atoms with Gasteiger partial charge in [0.05, 0.1) is 10.6 Å². The lowest BCUT2D eigenvalue weighted by atomic mass is 10.2. The van der Waals surface area contributed by atoms with E-state index in [0.717, 1.165) is 5.69 Å². The van der Waals surface area contributed by atoms with Crippen LogP contribution in [0.5, 0.6) is 0 Å². The van der Waals surface area contributed by atoms with Crippen molar-refractivity contribution in [2.24, 2.45) is 5.84 Å². The summed E-state index contributed by atoms with van der Waals surface area (Å²) in [6, 6.07) is 5.00. The zero-order chi connectivity index (χ0) is 13.8. The van der Waals surface area contributed by atoms with Crippen LogP contribution >= 0.6 is 11.6 Å². The van der Waals surface area contributed by atoms with E-state index in [4.69, 9.17) is 17.4 Å². The number of anilines is 2. The number of rotatable bonds is 3. The highest BCUT2D eigenvalue weighted by Gasteiger charge is 2.15. The number of hydrogen-bond donors (Lipinski definition) is 2. The van der Waals surface area contributed by atoms with Gasteiger partial charge in [0.2, 0.25) is 0 Å². The molecule has 0 atom stereocenters. The number of amides is 1. The molecule has 98 valence electrons. The van der Waals surface area contributed by atoms with Crippen molar-refractivity contribution < 1.29 is 4.79 Å². The number of nitrogens with two attached hydrogens (primary N) is 1. The Labute approximate surface area is 115 Å². The van der Waals surface area contributed by atoms with Gasteiger partial charge < -0.3 is 10.3 Å². The van der Waals surface area contributed by atoms with Crippen LogP contribution in [0, 0.1) is 0 Å². The molecule has 0 aliphatic carbocycles. The predicted octanol–water partition coefficient (Wildman–Crippen LogP) is 1.69. The van der Waals surface area contributed by atoms with Crippen LogP contribution in [-0.2, 0) is 0 Å². The molecule has 0 saturated heterocycles. The van der Waals surface area contributed by atoms with Crippen molar-refractivity contribution in [1.29, 1.82) is 0 Å². The van der Waals surface area contributed by atoms with Gasteiger partial charge in [-0.3, -0.25) is 9.78 Å². The molecule has 0 bridgehead atoms. The van der Waals surface area contributed by atoms with Gasteiger partial charge in [-0.1, -0.05) is 11.6 Å². The molecule has 0 saturated carbocycles. The topological polar surface area (TPSA) is 84.1 Å². The summed E-state index contributed by atoms with van der Waals surface area (Å²) in [5.41, 5.74) is 3.46. The average Bonchev–Trinajstić information content (AvgIpc) is 2.46. The third-order valence-electron chi connectivity index (χ3n) is 2.58. The van der Waals surface area contributed by atoms with Crippen molar-refractivity contribution in [2.75, 3.05) is 17.4 Å². The van der Waals surface area contributed by atoms with Gasteiger partial charge in [-0.15, -0.1) is 0 Å². The highest BCUT2D eigenvalue weighted by atomic mass is 35.5. The molecular formula is C12H12ClN5O. The summed E-state index contributed by atoms with van der Waals surface area (Å²) in [6.07, 6.45) is 4.65. The Morgan fingerprint density at radius 1 is 1.42 bits per heavy atom. The van der Waals surface area contributed by atoms with Gasteiger partial charge in [-0.05, 0) is 18.2 Å². The fourth-order valence-corrected chi connectivity index (χ4v) is 1.76. The Bertz CT molecular complexity index is 590. The van der Waals surface area contributed by atoms with E-state index >= 15 is 0 Å². The van der Waals surface area contributed by atoms with E-state index < -0.39 is 0 Å². The average molecular weight is 278 g/mol. The molecule has 2 aromatic heterocycles. The highest BCUT2D eigenvalue weighted by molar-refractivity contribution is 6.33. The van der Waals surface area contributed by atoms with Crippen LogP contribution in [0.15, 0.2) is 36.8 Å². The van der Waals surface area contributed by atoms with Gasteiger partial charge in [0, 0.05) is 31.3 Å². The minimum Gasteiger partial charge on any atom is -0.311 e. The summed E-state index contributed by atoms with van der Waals surface area (Å²) in [5.74, 6) is 5.33. The molecule has 2 heterocycles. The number of halogens is 1. The fourth-order valence-electron chi connectivity index (χ4n) is 1.54. The van der Waals surface area contributed by atoms with E-state index in [9.17, 15) is 4.79 Å². The second kappa shape index (κ2) is 5.64. The molecule has 0 aliphatic heterocycles. The van der Waals surface area contributed by atoms with Gasteiger partial charge in [-0.25, -0.2) is 10.8 Å². The van der Waals surface area contributed by atoms with Crippen LogP contribution in [0.3, 0.4) is 0 Å². The smallest absolute Gasteiger partial charge is 0.259 e. The quantitative estimate of drug-likeness (QED) is 0.659. The maximum Gasteiger partial charge on any atom is 0.259 e. The van der Waals surface area contributed by atoms with E-state index in [-0.39, 0.29) is 10.9 Å². The number of nitrogens with one attached hydrogen (secondary N) is 1. The highest BCUT2D eigenvalue weighted by Crippen LogP contribution is 2.21. The number of carbonyl (C=O) groups is 1. The molecule has 0 radical (unpaired) electrons. The predicted molar refractivity (Wildman–Crippen MR) is 74.0 cm³/mol. The Hall–Kier alpha value is -2.18. The van der Waals surface area contributed by atoms with Crippen LogP contribution in [0.2, 0.25) is 5.02 Å². The number of carbonyl (C=O) groups excluding carboxylic acids is 1. The number of hydrogen-bond acceptors (Lipinski definition) is 5. The minimum absolute atomic E-state index is 0.218. The number of hydrazine groups is 1. The zero-order valence-electron chi connectivity index (χ0n) is 10.2. The van der Waals surface area contributed by atoms with Crippen LogP contribution in [0.4, 0.5) is 11.5 Å². The Morgan fingerprint density at radius 2 is 2.11 bits per heavy atom. The first-order valence-corrected chi connectivity index (χ1v) is 5.81. The normalized spacial score (nSPS) is 10.1. The van der Waals surface area contributed by atoms with Crippen molar-refractivity contribution in [2.45, 2.75) is 0 Å². The molecule has 2 aromatic rings. The largest absolute Gasteiger partial charge is 0.311 e. The fraction of sp³-hybridized carbons (Fsp3) is 0.0833. The van der Waals surface area contributed by atoms with E-state index in [1.165, 1.54) is 17.2 Å². The van der Waals surface area contributed by atoms with Crippen LogP contribution in [0.1, 0.15) is 10.4 Å². The maximum absolute atomic E-state index is 12.3. The Morgan fingerprint density at radius 3 is 2.68 bits per heavy atom. The van der Waals surface area contributed by atoms with Gasteiger partial charge in [-0.2, -0.15) is 0 Å². The van der Waals surface area contributed by atoms with Crippen molar-refractivity contribution in [1.82, 2.24) is 9.97 Å². The standard InChI is InChI=1S/C12H12ClN5O/c1-18(9-2-4-15-5-3-9)12(19)8-6-10(13)11(17-14)16-7-8/h2-7H,14H2,1H3,(H,16,17). The lowest BCUT2D eigenvalue weighted by molar-refractivity contribution is 0.0992. The first kappa shape index (κ1) is 13.3. The van der Waals surface area contributed by atoms with Gasteiger partial charge in [0.25, 0.3) is 5.91 Å². The first-order valence-electron chi connectivity index (χ1n) is 5.43. The van der Waals surface area contributed by atoms with Crippen molar-refractivity contribution >= 4 is 29.0 Å². The summed E-state index contributed by atoms with van der Waals surface area (Å²) >= 11 is 5.94. The van der Waals surface area contributed by atoms with E-state index in [1.807, 2.05) is 0 Å². The van der Waals surface area contributed by atoms with Crippen molar-refractivity contribution in [3.8, 4) is 0 Å². The van der Waals surface area contributed by atoms with E-state index in [1.54, 1.807) is 31.6 Å². The second-order valence-electron chi connectivity index (χ2n) is 3.77. The summed E-state index contributed by atoms with van der Waals surface area (Å²) in [6.45, 7) is 0. The molecular weight excluding hydrogens is 266 g/mol. The summed E-state index contributed by atoms with van der Waals surface area (Å²) in [4.78, 5) is 21.6. The van der Waals surface area contributed by atoms with Crippen LogP contribution < -0.4 is 16.2 Å². The zero-order valence-corrected chi connectivity index (χ0v) is 10.9. The molecule has 19 heavy (non-hydrogen) atoms. The first-order chi connectivity index (χ1) is 9.13. The summed E-state index contributed by atoms with van der Waals surface area (Å²) in [5, 5.41) is 0.288. The van der Waals surface area contributed by atoms with Gasteiger partial charge in [0.1, 0.15) is 0 Å². The third kappa shape index (κ3) is 2.81. The van der Waals surface area contributed by atoms with Gasteiger partial charge >= 0.3 is 0 Å². The van der Waals surface area contributed by atoms with Crippen LogP contribution in [0.25, 0.3) is 0 Å². The minimum atomic E-state index is -0.218. The molecule has 0 fully saturated rings. The molecule has 6 nitrogen and oxygen atoms in total. The molecule has 1 amide bonds. The maximum atomic E-state index is 12.3. The number of nitrogens with zero attached hydrogens (tertiary/aromatic N) is 3. The molecule has 7 heteroatoms. The lowest BCUT2D eigenvalue weighted by Crippen LogP contribution is -2.26. The third-order valence-corrected chi connectivity index (χ3v) is 2.87. The molecule has 0 aromatic carbocycles. The summed E-state index contributed by atoms with van der Waals surface area (Å²) < 4.78 is 0. The molecule has 3 N–H and O–H groups in total. The second-order valence-corrected chi connectivity index (χ2v) is 4.18. The Kier molecular flexibility index (Phi) is 3.94. The van der Waals surface area contributed by atoms with E-state index in [2.05, 4.69) is 15.4 Å². The van der Waals surface area contributed by atoms with Crippen LogP contribution in [-0.4, -0.2) is 22.9 Å².